The van der Waals surface area contributed by atoms with Crippen LogP contribution in [0.1, 0.15) is 23.6 Å². The van der Waals surface area contributed by atoms with Gasteiger partial charge in [0.05, 0.1) is 10.9 Å². The van der Waals surface area contributed by atoms with E-state index in [1.54, 1.807) is 24.3 Å². The Morgan fingerprint density at radius 1 is 1.03 bits per heavy atom. The Balaban J connectivity index is 1.63. The standard InChI is InChI=1S/C20H17ClF2N2O3S2/c21-15-3-1-13(2-4-15)20(14-8-10-29-12-14)25-19(26)7-9-24-30(27,28)16-5-6-17(22)18(23)11-16/h1-6,8,10-12,20,24H,7,9H2,(H,25,26). The average Bonchev–Trinajstić information content (AvgIpc) is 3.23. The van der Waals surface area contributed by atoms with Crippen molar-refractivity contribution < 1.29 is 22.0 Å². The number of carbonyl (C=O) groups is 1. The fourth-order valence-corrected chi connectivity index (χ4v) is 4.57. The van der Waals surface area contributed by atoms with Crippen LogP contribution in [0.25, 0.3) is 0 Å². The molecule has 3 rings (SSSR count). The van der Waals surface area contributed by atoms with Gasteiger partial charge in [0.25, 0.3) is 0 Å². The maximum absolute atomic E-state index is 13.3. The number of amides is 1. The second-order valence-electron chi connectivity index (χ2n) is 6.33. The van der Waals surface area contributed by atoms with E-state index in [1.165, 1.54) is 11.3 Å². The largest absolute Gasteiger partial charge is 0.345 e. The van der Waals surface area contributed by atoms with E-state index in [0.717, 1.165) is 23.3 Å². The SMILES string of the molecule is O=C(CCNS(=O)(=O)c1ccc(F)c(F)c1)NC(c1ccc(Cl)cc1)c1ccsc1. The maximum atomic E-state index is 13.3. The minimum absolute atomic E-state index is 0.142. The van der Waals surface area contributed by atoms with Crippen LogP contribution in [0.15, 0.2) is 64.2 Å². The van der Waals surface area contributed by atoms with Gasteiger partial charge in [-0.15, -0.1) is 0 Å². The lowest BCUT2D eigenvalue weighted by Crippen LogP contribution is -2.33. The lowest BCUT2D eigenvalue weighted by molar-refractivity contribution is -0.121. The van der Waals surface area contributed by atoms with Gasteiger partial charge in [0.1, 0.15) is 0 Å². The zero-order chi connectivity index (χ0) is 21.7. The summed E-state index contributed by atoms with van der Waals surface area (Å²) >= 11 is 7.42. The number of hydrogen-bond donors (Lipinski definition) is 2. The van der Waals surface area contributed by atoms with Crippen molar-refractivity contribution in [2.45, 2.75) is 17.4 Å². The summed E-state index contributed by atoms with van der Waals surface area (Å²) in [6.45, 7) is -0.204. The summed E-state index contributed by atoms with van der Waals surface area (Å²) in [5, 5.41) is 7.25. The van der Waals surface area contributed by atoms with E-state index < -0.39 is 32.6 Å². The molecule has 0 saturated carbocycles. The highest BCUT2D eigenvalue weighted by Crippen LogP contribution is 2.25. The Hall–Kier alpha value is -2.33. The number of thiophene rings is 1. The molecule has 0 radical (unpaired) electrons. The van der Waals surface area contributed by atoms with Crippen LogP contribution >= 0.6 is 22.9 Å². The molecule has 2 N–H and O–H groups in total. The molecule has 1 aromatic heterocycles. The Morgan fingerprint density at radius 2 is 1.77 bits per heavy atom. The van der Waals surface area contributed by atoms with Gasteiger partial charge in [0, 0.05) is 18.0 Å². The molecule has 1 heterocycles. The van der Waals surface area contributed by atoms with Crippen molar-refractivity contribution in [3.05, 3.63) is 87.1 Å². The summed E-state index contributed by atoms with van der Waals surface area (Å²) in [7, 11) is -4.07. The third kappa shape index (κ3) is 5.63. The molecule has 5 nitrogen and oxygen atoms in total. The molecular formula is C20H17ClF2N2O3S2. The number of nitrogens with one attached hydrogen (secondary N) is 2. The number of rotatable bonds is 8. The molecule has 0 aliphatic carbocycles. The number of benzene rings is 2. The molecule has 0 aliphatic rings. The molecule has 0 spiro atoms. The Bertz CT molecular complexity index is 1120. The van der Waals surface area contributed by atoms with Gasteiger partial charge in [-0.05, 0) is 58.3 Å². The second-order valence-corrected chi connectivity index (χ2v) is 9.32. The van der Waals surface area contributed by atoms with Gasteiger partial charge in [0.2, 0.25) is 15.9 Å². The minimum atomic E-state index is -4.07. The third-order valence-electron chi connectivity index (χ3n) is 4.23. The maximum Gasteiger partial charge on any atom is 0.240 e. The number of halogens is 3. The van der Waals surface area contributed by atoms with Crippen molar-refractivity contribution in [3.63, 3.8) is 0 Å². The van der Waals surface area contributed by atoms with Crippen LogP contribution < -0.4 is 10.0 Å². The smallest absolute Gasteiger partial charge is 0.240 e. The van der Waals surface area contributed by atoms with Crippen LogP contribution in [-0.2, 0) is 14.8 Å². The summed E-state index contributed by atoms with van der Waals surface area (Å²) < 4.78 is 52.9. The van der Waals surface area contributed by atoms with E-state index in [0.29, 0.717) is 11.1 Å². The topological polar surface area (TPSA) is 75.3 Å². The molecule has 30 heavy (non-hydrogen) atoms. The summed E-state index contributed by atoms with van der Waals surface area (Å²) in [4.78, 5) is 12.0. The van der Waals surface area contributed by atoms with Gasteiger partial charge in [-0.1, -0.05) is 23.7 Å². The quantitative estimate of drug-likeness (QED) is 0.516. The number of sulfonamides is 1. The summed E-state index contributed by atoms with van der Waals surface area (Å²) in [6.07, 6.45) is -0.142. The Morgan fingerprint density at radius 3 is 2.40 bits per heavy atom. The molecular weight excluding hydrogens is 454 g/mol. The normalized spacial score (nSPS) is 12.5. The second kappa shape index (κ2) is 9.65. The lowest BCUT2D eigenvalue weighted by atomic mass is 10.0. The fourth-order valence-electron chi connectivity index (χ4n) is 2.71. The molecule has 1 amide bonds. The van der Waals surface area contributed by atoms with E-state index in [-0.39, 0.29) is 18.9 Å². The predicted octanol–water partition coefficient (Wildman–Crippen LogP) is 4.25. The molecule has 1 unspecified atom stereocenters. The first-order chi connectivity index (χ1) is 14.3. The van der Waals surface area contributed by atoms with Crippen LogP contribution in [0, 0.1) is 11.6 Å². The molecule has 3 aromatic rings. The monoisotopic (exact) mass is 470 g/mol. The minimum Gasteiger partial charge on any atom is -0.345 e. The van der Waals surface area contributed by atoms with Crippen molar-refractivity contribution in [2.24, 2.45) is 0 Å². The van der Waals surface area contributed by atoms with Crippen molar-refractivity contribution in [1.29, 1.82) is 0 Å². The predicted molar refractivity (Wildman–Crippen MR) is 112 cm³/mol. The first-order valence-corrected chi connectivity index (χ1v) is 11.6. The van der Waals surface area contributed by atoms with Crippen molar-refractivity contribution in [1.82, 2.24) is 10.0 Å². The fraction of sp³-hybridized carbons (Fsp3) is 0.150. The first-order valence-electron chi connectivity index (χ1n) is 8.78. The van der Waals surface area contributed by atoms with Gasteiger partial charge in [-0.3, -0.25) is 4.79 Å². The molecule has 0 fully saturated rings. The van der Waals surface area contributed by atoms with E-state index in [2.05, 4.69) is 10.0 Å². The first kappa shape index (κ1) is 22.4. The van der Waals surface area contributed by atoms with E-state index >= 15 is 0 Å². The van der Waals surface area contributed by atoms with Crippen LogP contribution in [0.2, 0.25) is 5.02 Å². The van der Waals surface area contributed by atoms with Crippen LogP contribution in [0.5, 0.6) is 0 Å². The van der Waals surface area contributed by atoms with Crippen molar-refractivity contribution in [2.75, 3.05) is 6.54 Å². The van der Waals surface area contributed by atoms with Gasteiger partial charge >= 0.3 is 0 Å². The van der Waals surface area contributed by atoms with E-state index in [4.69, 9.17) is 11.6 Å². The average molecular weight is 471 g/mol. The molecule has 0 saturated heterocycles. The van der Waals surface area contributed by atoms with Crippen LogP contribution in [-0.4, -0.2) is 20.9 Å². The molecule has 2 aromatic carbocycles. The molecule has 1 atom stereocenters. The Labute approximate surface area is 181 Å². The summed E-state index contributed by atoms with van der Waals surface area (Å²) in [5.41, 5.74) is 1.71. The van der Waals surface area contributed by atoms with E-state index in [1.807, 2.05) is 16.8 Å². The zero-order valence-electron chi connectivity index (χ0n) is 15.4. The third-order valence-corrected chi connectivity index (χ3v) is 6.64. The number of hydrogen-bond acceptors (Lipinski definition) is 4. The van der Waals surface area contributed by atoms with Crippen LogP contribution in [0.4, 0.5) is 8.78 Å². The lowest BCUT2D eigenvalue weighted by Gasteiger charge is -2.19. The van der Waals surface area contributed by atoms with E-state index in [9.17, 15) is 22.0 Å². The van der Waals surface area contributed by atoms with Crippen LogP contribution in [0.3, 0.4) is 0 Å². The van der Waals surface area contributed by atoms with Gasteiger partial charge in [-0.2, -0.15) is 11.3 Å². The highest BCUT2D eigenvalue weighted by molar-refractivity contribution is 7.89. The van der Waals surface area contributed by atoms with Crippen molar-refractivity contribution in [3.8, 4) is 0 Å². The molecule has 0 aliphatic heterocycles. The molecule has 10 heteroatoms. The van der Waals surface area contributed by atoms with Crippen molar-refractivity contribution >= 4 is 38.9 Å². The highest BCUT2D eigenvalue weighted by Gasteiger charge is 2.19. The zero-order valence-corrected chi connectivity index (χ0v) is 17.8. The Kier molecular flexibility index (Phi) is 7.19. The number of carbonyl (C=O) groups excluding carboxylic acids is 1. The molecule has 0 bridgehead atoms. The van der Waals surface area contributed by atoms with Gasteiger partial charge < -0.3 is 5.32 Å². The van der Waals surface area contributed by atoms with Gasteiger partial charge in [-0.25, -0.2) is 21.9 Å². The molecule has 158 valence electrons. The van der Waals surface area contributed by atoms with Gasteiger partial charge in [0.15, 0.2) is 11.6 Å². The summed E-state index contributed by atoms with van der Waals surface area (Å²) in [6, 6.07) is 10.8. The summed E-state index contributed by atoms with van der Waals surface area (Å²) in [5.74, 6) is -2.79. The highest BCUT2D eigenvalue weighted by atomic mass is 35.5.